The second-order valence-electron chi connectivity index (χ2n) is 9.75. The monoisotopic (exact) mass is 533 g/mol. The van der Waals surface area contributed by atoms with E-state index in [9.17, 15) is 24.3 Å². The van der Waals surface area contributed by atoms with Crippen LogP contribution in [0.4, 0.5) is 25.5 Å². The Kier molecular flexibility index (Phi) is 6.26. The van der Waals surface area contributed by atoms with E-state index < -0.39 is 47.3 Å². The molecule has 204 valence electrons. The number of rotatable bonds is 4. The molecule has 0 aliphatic carbocycles. The summed E-state index contributed by atoms with van der Waals surface area (Å²) in [5, 5.41) is 17.7. The number of carbonyl (C=O) groups excluding carboxylic acids is 4. The van der Waals surface area contributed by atoms with Gasteiger partial charge in [-0.15, -0.1) is 0 Å². The van der Waals surface area contributed by atoms with Gasteiger partial charge < -0.3 is 24.0 Å². The van der Waals surface area contributed by atoms with Crippen LogP contribution in [0.25, 0.3) is 11.0 Å². The minimum absolute atomic E-state index is 0. The Morgan fingerprint density at radius 3 is 2.66 bits per heavy atom. The van der Waals surface area contributed by atoms with Crippen molar-refractivity contribution < 1.29 is 42.7 Å². The van der Waals surface area contributed by atoms with Crippen molar-refractivity contribution in [3.8, 4) is 0 Å². The zero-order valence-corrected chi connectivity index (χ0v) is 19.8. The number of barbiturate groups is 1. The Labute approximate surface area is 216 Å². The molecule has 3 fully saturated rings. The molecule has 5 amide bonds. The van der Waals surface area contributed by atoms with Gasteiger partial charge in [0.15, 0.2) is 17.1 Å². The Morgan fingerprint density at radius 1 is 1.21 bits per heavy atom. The van der Waals surface area contributed by atoms with Gasteiger partial charge in [-0.2, -0.15) is 0 Å². The molecule has 3 N–H and O–H groups in total. The summed E-state index contributed by atoms with van der Waals surface area (Å²) < 4.78 is 32.4. The zero-order valence-electron chi connectivity index (χ0n) is 19.8. The van der Waals surface area contributed by atoms with Crippen LogP contribution < -0.4 is 20.4 Å². The molecule has 0 saturated carbocycles. The van der Waals surface area contributed by atoms with Gasteiger partial charge in [0.25, 0.3) is 0 Å². The van der Waals surface area contributed by atoms with Crippen molar-refractivity contribution in [1.82, 2.24) is 15.8 Å². The molecular formula is C24H28FN5O8. The highest BCUT2D eigenvalue weighted by Crippen LogP contribution is 2.48. The average molecular weight is 534 g/mol. The van der Waals surface area contributed by atoms with E-state index in [1.165, 1.54) is 4.90 Å². The van der Waals surface area contributed by atoms with Crippen molar-refractivity contribution in [1.29, 1.82) is 0 Å². The minimum atomic E-state index is -1.76. The number of fused-ring (bicyclic) bond motifs is 5. The summed E-state index contributed by atoms with van der Waals surface area (Å²) in [5.74, 6) is -2.29. The first-order valence-corrected chi connectivity index (χ1v) is 12.0. The highest BCUT2D eigenvalue weighted by molar-refractivity contribution is 6.20. The van der Waals surface area contributed by atoms with Gasteiger partial charge in [0.2, 0.25) is 17.4 Å². The molecule has 3 atom stereocenters. The first-order valence-electron chi connectivity index (χ1n) is 12.0. The van der Waals surface area contributed by atoms with Gasteiger partial charge >= 0.3 is 12.1 Å². The lowest BCUT2D eigenvalue weighted by molar-refractivity contribution is -0.149. The molecule has 5 heterocycles. The number of nitrogens with one attached hydrogen (secondary N) is 2. The molecule has 1 aromatic heterocycles. The van der Waals surface area contributed by atoms with Gasteiger partial charge in [0.05, 0.1) is 35.9 Å². The summed E-state index contributed by atoms with van der Waals surface area (Å²) >= 11 is 0. The van der Waals surface area contributed by atoms with Gasteiger partial charge in [0, 0.05) is 19.6 Å². The number of ether oxygens (including phenoxy) is 2. The van der Waals surface area contributed by atoms with Gasteiger partial charge in [-0.1, -0.05) is 12.6 Å². The minimum Gasteiger partial charge on any atom is -0.447 e. The maximum atomic E-state index is 16.1. The van der Waals surface area contributed by atoms with Gasteiger partial charge in [0.1, 0.15) is 6.61 Å². The first kappa shape index (κ1) is 25.9. The molecule has 0 bridgehead atoms. The normalized spacial score (nSPS) is 26.0. The predicted octanol–water partition coefficient (Wildman–Crippen LogP) is 1.20. The molecule has 4 aliphatic rings. The quantitative estimate of drug-likeness (QED) is 0.487. The second-order valence-corrected chi connectivity index (χ2v) is 9.75. The predicted molar refractivity (Wildman–Crippen MR) is 129 cm³/mol. The van der Waals surface area contributed by atoms with E-state index >= 15 is 4.39 Å². The summed E-state index contributed by atoms with van der Waals surface area (Å²) in [6.45, 7) is 1.93. The number of amides is 5. The zero-order chi connectivity index (χ0) is 26.1. The van der Waals surface area contributed by atoms with Gasteiger partial charge in [-0.25, -0.2) is 14.0 Å². The number of morpholine rings is 1. The van der Waals surface area contributed by atoms with Crippen LogP contribution in [0, 0.1) is 11.2 Å². The van der Waals surface area contributed by atoms with Crippen LogP contribution in [0.1, 0.15) is 32.8 Å². The fourth-order valence-electron chi connectivity index (χ4n) is 5.85. The number of imide groups is 2. The summed E-state index contributed by atoms with van der Waals surface area (Å²) in [6, 6.07) is -0.685. The third kappa shape index (κ3) is 3.54. The molecule has 2 unspecified atom stereocenters. The van der Waals surface area contributed by atoms with Crippen molar-refractivity contribution in [2.75, 3.05) is 36.2 Å². The molecule has 38 heavy (non-hydrogen) atoms. The summed E-state index contributed by atoms with van der Waals surface area (Å²) in [6.07, 6.45) is -0.391. The van der Waals surface area contributed by atoms with E-state index in [4.69, 9.17) is 14.0 Å². The molecule has 6 rings (SSSR count). The number of carbonyl (C=O) groups is 4. The van der Waals surface area contributed by atoms with Crippen molar-refractivity contribution >= 4 is 46.4 Å². The number of hydrogen-bond acceptors (Lipinski definition) is 10. The molecule has 1 spiro atoms. The SMILES string of the molecule is C.C[C@@H]1CN2c3c(cc4c(N5C(=O)OCC5CCCO)noc4c3F)CC3(C(=O)NC(=O)NC3=O)C2CO1. The van der Waals surface area contributed by atoms with Crippen LogP contribution in [0.15, 0.2) is 10.6 Å². The van der Waals surface area contributed by atoms with E-state index in [0.29, 0.717) is 18.4 Å². The number of cyclic esters (lactones) is 1. The number of anilines is 2. The summed E-state index contributed by atoms with van der Waals surface area (Å²) in [4.78, 5) is 53.7. The molecular weight excluding hydrogens is 505 g/mol. The Bertz CT molecular complexity index is 1320. The smallest absolute Gasteiger partial charge is 0.416 e. The van der Waals surface area contributed by atoms with E-state index in [-0.39, 0.29) is 68.8 Å². The molecule has 0 radical (unpaired) electrons. The average Bonchev–Trinajstić information content (AvgIpc) is 3.43. The number of urea groups is 1. The van der Waals surface area contributed by atoms with Crippen molar-refractivity contribution in [3.63, 3.8) is 0 Å². The number of benzene rings is 1. The van der Waals surface area contributed by atoms with Crippen LogP contribution in [-0.2, 0) is 25.5 Å². The second kappa shape index (κ2) is 9.20. The lowest BCUT2D eigenvalue weighted by atomic mass is 9.68. The van der Waals surface area contributed by atoms with Gasteiger partial charge in [-0.3, -0.25) is 25.1 Å². The molecule has 1 aromatic carbocycles. The third-order valence-electron chi connectivity index (χ3n) is 7.58. The van der Waals surface area contributed by atoms with Crippen molar-refractivity contribution in [2.45, 2.75) is 51.8 Å². The maximum Gasteiger partial charge on any atom is 0.416 e. The number of hydrogen-bond donors (Lipinski definition) is 3. The van der Waals surface area contributed by atoms with Gasteiger partial charge in [-0.05, 0) is 31.4 Å². The number of halogens is 1. The standard InChI is InChI=1S/C23H24FN5O8.CH4/c1-10-7-28-14(9-35-10)23(19(31)25-21(33)26-20(23)32)6-11-5-13-17(15(24)16(11)28)37-27-18(13)29-12(3-2-4-30)8-36-22(29)34;/h5,10,12,14,30H,2-4,6-9H2,1H3,(H2,25,26,31,32,33);1H4/t10-,12?,14?;/m1./s1. The Hall–Kier alpha value is -3.78. The number of nitrogens with zero attached hydrogens (tertiary/aromatic N) is 3. The van der Waals surface area contributed by atoms with E-state index in [1.54, 1.807) is 17.9 Å². The van der Waals surface area contributed by atoms with Crippen LogP contribution >= 0.6 is 0 Å². The van der Waals surface area contributed by atoms with E-state index in [2.05, 4.69) is 15.8 Å². The Morgan fingerprint density at radius 2 is 1.95 bits per heavy atom. The fraction of sp³-hybridized carbons (Fsp3) is 0.542. The highest BCUT2D eigenvalue weighted by atomic mass is 19.1. The van der Waals surface area contributed by atoms with Crippen molar-refractivity contribution in [2.24, 2.45) is 5.41 Å². The van der Waals surface area contributed by atoms with Crippen LogP contribution in [0.5, 0.6) is 0 Å². The topological polar surface area (TPSA) is 164 Å². The van der Waals surface area contributed by atoms with Crippen LogP contribution in [0.3, 0.4) is 0 Å². The maximum absolute atomic E-state index is 16.1. The number of aromatic nitrogens is 1. The third-order valence-corrected chi connectivity index (χ3v) is 7.58. The van der Waals surface area contributed by atoms with Crippen molar-refractivity contribution in [3.05, 3.63) is 17.4 Å². The lowest BCUT2D eigenvalue weighted by Gasteiger charge is -2.52. The Balaban J connectivity index is 0.00000294. The summed E-state index contributed by atoms with van der Waals surface area (Å²) in [5.41, 5.74) is -1.47. The number of aliphatic hydroxyl groups excluding tert-OH is 1. The molecule has 2 aromatic rings. The lowest BCUT2D eigenvalue weighted by Crippen LogP contribution is -2.73. The highest BCUT2D eigenvalue weighted by Gasteiger charge is 2.61. The first-order chi connectivity index (χ1) is 17.8. The molecule has 14 heteroatoms. The summed E-state index contributed by atoms with van der Waals surface area (Å²) in [7, 11) is 0. The van der Waals surface area contributed by atoms with E-state index in [1.807, 2.05) is 0 Å². The molecule has 3 saturated heterocycles. The molecule has 13 nitrogen and oxygen atoms in total. The molecule has 4 aliphatic heterocycles. The van der Waals surface area contributed by atoms with Crippen LogP contribution in [-0.4, -0.2) is 78.8 Å². The largest absolute Gasteiger partial charge is 0.447 e. The van der Waals surface area contributed by atoms with E-state index in [0.717, 1.165) is 0 Å². The number of aliphatic hydroxyl groups is 1. The van der Waals surface area contributed by atoms with Crippen LogP contribution in [0.2, 0.25) is 0 Å². The fourth-order valence-corrected chi connectivity index (χ4v) is 5.85.